The molecule has 5 rings (SSSR count). The fraction of sp³-hybridized carbons (Fsp3) is 0.269. The van der Waals surface area contributed by atoms with Gasteiger partial charge >= 0.3 is 0 Å². The van der Waals surface area contributed by atoms with Crippen LogP contribution in [0, 0.1) is 18.8 Å². The number of unbranched alkanes of at least 4 members (excludes halogenated alkanes) is 1. The van der Waals surface area contributed by atoms with E-state index in [9.17, 15) is 0 Å². The Labute approximate surface area is 197 Å². The van der Waals surface area contributed by atoms with Crippen LogP contribution in [0.3, 0.4) is 0 Å². The minimum Gasteiger partial charge on any atom is -0.369 e. The normalized spacial score (nSPS) is 12.4. The Morgan fingerprint density at radius 3 is 2.91 bits per heavy atom. The van der Waals surface area contributed by atoms with E-state index in [2.05, 4.69) is 67.0 Å². The largest absolute Gasteiger partial charge is 0.369 e. The molecule has 1 aliphatic rings. The van der Waals surface area contributed by atoms with Gasteiger partial charge in [-0.05, 0) is 49.2 Å². The lowest BCUT2D eigenvalue weighted by molar-refractivity contribution is 0.104. The molecule has 1 aromatic carbocycles. The molecule has 7 heteroatoms. The number of benzene rings is 1. The number of ether oxygens (including phenoxy) is 1. The van der Waals surface area contributed by atoms with Crippen LogP contribution in [0.1, 0.15) is 51.8 Å². The maximum atomic E-state index is 5.98. The first kappa shape index (κ1) is 21.4. The smallest absolute Gasteiger partial charge is 0.164 e. The number of rotatable bonds is 6. The molecule has 1 aliphatic heterocycles. The van der Waals surface area contributed by atoms with Crippen LogP contribution in [-0.2, 0) is 30.9 Å². The lowest BCUT2D eigenvalue weighted by atomic mass is 10.0. The standard InChI is InChI=1S/C26H25N5OS/c1-3-4-8-13-30-15-21(27-18-30)11-12-24-22(14-20-9-6-5-7-10-20)23-16-32-17-25-29-28-19(2)31(25)26(23)33-24/h3,5-7,9-10,15,18H,1,4,8,13-14,16-17H2,2H3. The van der Waals surface area contributed by atoms with Crippen LogP contribution in [0.25, 0.3) is 5.00 Å². The van der Waals surface area contributed by atoms with Gasteiger partial charge in [0.05, 0.1) is 17.8 Å². The molecule has 0 atom stereocenters. The van der Waals surface area contributed by atoms with Gasteiger partial charge in [0.25, 0.3) is 0 Å². The van der Waals surface area contributed by atoms with Gasteiger partial charge in [-0.1, -0.05) is 36.4 Å². The summed E-state index contributed by atoms with van der Waals surface area (Å²) < 4.78 is 10.2. The van der Waals surface area contributed by atoms with E-state index in [1.165, 1.54) is 16.7 Å². The van der Waals surface area contributed by atoms with Gasteiger partial charge in [-0.3, -0.25) is 4.57 Å². The van der Waals surface area contributed by atoms with Gasteiger partial charge in [0.2, 0.25) is 0 Å². The third-order valence-electron chi connectivity index (χ3n) is 5.65. The summed E-state index contributed by atoms with van der Waals surface area (Å²) in [5.41, 5.74) is 4.41. The van der Waals surface area contributed by atoms with Crippen LogP contribution in [0.15, 0.2) is 55.5 Å². The lowest BCUT2D eigenvalue weighted by Crippen LogP contribution is -2.00. The van der Waals surface area contributed by atoms with Gasteiger partial charge in [0, 0.05) is 18.3 Å². The van der Waals surface area contributed by atoms with Gasteiger partial charge in [-0.15, -0.1) is 28.1 Å². The molecule has 0 saturated carbocycles. The van der Waals surface area contributed by atoms with Gasteiger partial charge in [-0.2, -0.15) is 0 Å². The number of imidazole rings is 1. The van der Waals surface area contributed by atoms with Crippen LogP contribution in [-0.4, -0.2) is 24.3 Å². The van der Waals surface area contributed by atoms with Gasteiger partial charge < -0.3 is 9.30 Å². The first-order chi connectivity index (χ1) is 16.2. The zero-order valence-electron chi connectivity index (χ0n) is 18.6. The summed E-state index contributed by atoms with van der Waals surface area (Å²) in [6.45, 7) is 7.67. The molecule has 0 radical (unpaired) electrons. The minimum atomic E-state index is 0.456. The Hall–Kier alpha value is -3.47. The van der Waals surface area contributed by atoms with Crippen LogP contribution < -0.4 is 0 Å². The summed E-state index contributed by atoms with van der Waals surface area (Å²) >= 11 is 1.68. The Morgan fingerprint density at radius 2 is 2.06 bits per heavy atom. The predicted octanol–water partition coefficient (Wildman–Crippen LogP) is 4.82. The van der Waals surface area contributed by atoms with Crippen LogP contribution >= 0.6 is 11.3 Å². The molecule has 166 valence electrons. The molecular weight excluding hydrogens is 430 g/mol. The molecular formula is C26H25N5OS. The molecule has 4 heterocycles. The fourth-order valence-electron chi connectivity index (χ4n) is 4.00. The second kappa shape index (κ2) is 9.57. The maximum Gasteiger partial charge on any atom is 0.164 e. The van der Waals surface area contributed by atoms with Crippen molar-refractivity contribution in [3.63, 3.8) is 0 Å². The monoisotopic (exact) mass is 455 g/mol. The van der Waals surface area contributed by atoms with Crippen molar-refractivity contribution in [2.45, 2.75) is 45.9 Å². The summed E-state index contributed by atoms with van der Waals surface area (Å²) in [5.74, 6) is 8.39. The molecule has 0 unspecified atom stereocenters. The van der Waals surface area contributed by atoms with Gasteiger partial charge in [0.15, 0.2) is 5.82 Å². The Balaban J connectivity index is 1.53. The second-order valence-electron chi connectivity index (χ2n) is 8.03. The first-order valence-corrected chi connectivity index (χ1v) is 11.9. The molecule has 33 heavy (non-hydrogen) atoms. The second-order valence-corrected chi connectivity index (χ2v) is 9.02. The summed E-state index contributed by atoms with van der Waals surface area (Å²) in [4.78, 5) is 5.52. The molecule has 0 spiro atoms. The summed E-state index contributed by atoms with van der Waals surface area (Å²) in [5, 5.41) is 9.68. The van der Waals surface area contributed by atoms with Crippen LogP contribution in [0.4, 0.5) is 0 Å². The SMILES string of the molecule is C=CCCCn1cnc(C#Cc2sc3c(c2Cc2ccccc2)COCc2nnc(C)n2-3)c1. The number of hydrogen-bond donors (Lipinski definition) is 0. The number of aromatic nitrogens is 5. The minimum absolute atomic E-state index is 0.456. The average Bonchev–Trinajstić information content (AvgIpc) is 3.48. The molecule has 4 aromatic rings. The van der Waals surface area contributed by atoms with Gasteiger partial charge in [0.1, 0.15) is 23.1 Å². The number of hydrogen-bond acceptors (Lipinski definition) is 5. The molecule has 0 bridgehead atoms. The first-order valence-electron chi connectivity index (χ1n) is 11.0. The molecule has 0 aliphatic carbocycles. The van der Waals surface area contributed by atoms with E-state index in [-0.39, 0.29) is 0 Å². The zero-order valence-corrected chi connectivity index (χ0v) is 19.4. The van der Waals surface area contributed by atoms with Crippen molar-refractivity contribution in [3.05, 3.63) is 94.4 Å². The van der Waals surface area contributed by atoms with E-state index in [0.29, 0.717) is 13.2 Å². The average molecular weight is 456 g/mol. The highest BCUT2D eigenvalue weighted by Gasteiger charge is 2.25. The number of allylic oxidation sites excluding steroid dienone is 1. The van der Waals surface area contributed by atoms with E-state index in [1.807, 2.05) is 31.6 Å². The third-order valence-corrected chi connectivity index (χ3v) is 6.83. The summed E-state index contributed by atoms with van der Waals surface area (Å²) in [6, 6.07) is 10.5. The van der Waals surface area contributed by atoms with Crippen molar-refractivity contribution in [1.29, 1.82) is 0 Å². The molecule has 0 N–H and O–H groups in total. The number of nitrogens with zero attached hydrogens (tertiary/aromatic N) is 5. The summed E-state index contributed by atoms with van der Waals surface area (Å²) in [6.07, 6.45) is 8.65. The zero-order chi connectivity index (χ0) is 22.6. The van der Waals surface area contributed by atoms with E-state index >= 15 is 0 Å². The van der Waals surface area contributed by atoms with Crippen molar-refractivity contribution < 1.29 is 4.74 Å². The van der Waals surface area contributed by atoms with Crippen molar-refractivity contribution >= 4 is 11.3 Å². The van der Waals surface area contributed by atoms with Crippen LogP contribution in [0.5, 0.6) is 0 Å². The topological polar surface area (TPSA) is 57.8 Å². The molecule has 0 fully saturated rings. The Bertz CT molecular complexity index is 1340. The van der Waals surface area contributed by atoms with Crippen LogP contribution in [0.2, 0.25) is 0 Å². The van der Waals surface area contributed by atoms with Crippen molar-refractivity contribution in [3.8, 4) is 16.8 Å². The van der Waals surface area contributed by atoms with Crippen molar-refractivity contribution in [2.24, 2.45) is 0 Å². The predicted molar refractivity (Wildman–Crippen MR) is 129 cm³/mol. The van der Waals surface area contributed by atoms with Crippen molar-refractivity contribution in [2.75, 3.05) is 0 Å². The number of thiophene rings is 1. The molecule has 0 amide bonds. The maximum absolute atomic E-state index is 5.98. The highest BCUT2D eigenvalue weighted by molar-refractivity contribution is 7.15. The lowest BCUT2D eigenvalue weighted by Gasteiger charge is -2.06. The molecule has 3 aromatic heterocycles. The van der Waals surface area contributed by atoms with Gasteiger partial charge in [-0.25, -0.2) is 4.98 Å². The quantitative estimate of drug-likeness (QED) is 0.238. The van der Waals surface area contributed by atoms with Crippen molar-refractivity contribution in [1.82, 2.24) is 24.3 Å². The molecule has 6 nitrogen and oxygen atoms in total. The Kier molecular flexibility index (Phi) is 6.20. The number of aryl methyl sites for hydroxylation is 2. The third kappa shape index (κ3) is 4.54. The molecule has 0 saturated heterocycles. The van der Waals surface area contributed by atoms with E-state index < -0.39 is 0 Å². The highest BCUT2D eigenvalue weighted by Crippen LogP contribution is 2.36. The van der Waals surface area contributed by atoms with E-state index in [1.54, 1.807) is 11.3 Å². The highest BCUT2D eigenvalue weighted by atomic mass is 32.1. The summed E-state index contributed by atoms with van der Waals surface area (Å²) in [7, 11) is 0. The van der Waals surface area contributed by atoms with E-state index in [0.717, 1.165) is 53.0 Å². The fourth-order valence-corrected chi connectivity index (χ4v) is 5.25. The number of fused-ring (bicyclic) bond motifs is 3. The van der Waals surface area contributed by atoms with E-state index in [4.69, 9.17) is 4.74 Å². The Morgan fingerprint density at radius 1 is 1.18 bits per heavy atom.